The van der Waals surface area contributed by atoms with Gasteiger partial charge in [-0.15, -0.1) is 0 Å². The maximum Gasteiger partial charge on any atom is 0.374 e. The number of hydrogen-bond acceptors (Lipinski definition) is 9. The molecule has 0 aliphatic carbocycles. The van der Waals surface area contributed by atoms with Crippen LogP contribution in [-0.4, -0.2) is 36.2 Å². The van der Waals surface area contributed by atoms with Crippen LogP contribution in [-0.2, 0) is 14.3 Å². The lowest BCUT2D eigenvalue weighted by molar-refractivity contribution is -0.131. The van der Waals surface area contributed by atoms with E-state index in [4.69, 9.17) is 23.0 Å². The van der Waals surface area contributed by atoms with Crippen molar-refractivity contribution < 1.29 is 42.5 Å². The van der Waals surface area contributed by atoms with Crippen LogP contribution in [0.25, 0.3) is 21.9 Å². The van der Waals surface area contributed by atoms with Crippen LogP contribution < -0.4 is 4.74 Å². The molecule has 37 heavy (non-hydrogen) atoms. The van der Waals surface area contributed by atoms with Crippen molar-refractivity contribution in [2.45, 2.75) is 20.8 Å². The van der Waals surface area contributed by atoms with Gasteiger partial charge in [0, 0.05) is 29.8 Å². The molecule has 2 aromatic carbocycles. The summed E-state index contributed by atoms with van der Waals surface area (Å²) in [6.07, 6.45) is 0. The highest BCUT2D eigenvalue weighted by atomic mass is 79.9. The van der Waals surface area contributed by atoms with Crippen LogP contribution in [0.4, 0.5) is 0 Å². The maximum absolute atomic E-state index is 11.6. The number of carbonyl (C=O) groups excluding carboxylic acids is 3. The molecule has 13 heteroatoms. The zero-order valence-electron chi connectivity index (χ0n) is 19.4. The average Bonchev–Trinajstić information content (AvgIpc) is 3.46. The van der Waals surface area contributed by atoms with Gasteiger partial charge < -0.3 is 28.2 Å². The summed E-state index contributed by atoms with van der Waals surface area (Å²) in [5.41, 5.74) is 0.965. The molecule has 2 aromatic heterocycles. The van der Waals surface area contributed by atoms with Crippen LogP contribution in [0.2, 0.25) is 0 Å². The number of esters is 3. The van der Waals surface area contributed by atoms with E-state index in [2.05, 4.69) is 63.7 Å². The highest BCUT2D eigenvalue weighted by molar-refractivity contribution is 9.11. The summed E-state index contributed by atoms with van der Waals surface area (Å²) >= 11 is 13.1. The Bertz CT molecular complexity index is 1500. The standard InChI is InChI=1S/C13H10Br2O5.C11H8Br2O4/c1-3-18-13(17)10-4-7-9(20-10)5-8(14)12(11(7)15)19-6(2)16;1-2-16-11(15)8-3-5-7(17-8)4-6(12)10(14)9(5)13/h4-5H,3H2,1-2H3;3-4,14H,2H2,1H3. The lowest BCUT2D eigenvalue weighted by Crippen LogP contribution is -2.02. The summed E-state index contributed by atoms with van der Waals surface area (Å²) in [7, 11) is 0. The van der Waals surface area contributed by atoms with Gasteiger partial charge in [-0.25, -0.2) is 9.59 Å². The number of phenolic OH excluding ortho intramolecular Hbond substituents is 1. The molecule has 0 radical (unpaired) electrons. The van der Waals surface area contributed by atoms with E-state index in [1.54, 1.807) is 26.0 Å². The minimum Gasteiger partial charge on any atom is -0.506 e. The molecule has 0 aliphatic rings. The van der Waals surface area contributed by atoms with E-state index >= 15 is 0 Å². The molecule has 0 saturated carbocycles. The Labute approximate surface area is 243 Å². The zero-order chi connectivity index (χ0) is 27.4. The first kappa shape index (κ1) is 29.2. The Kier molecular flexibility index (Phi) is 9.84. The van der Waals surface area contributed by atoms with Crippen LogP contribution in [0.1, 0.15) is 41.9 Å². The van der Waals surface area contributed by atoms with Crippen molar-refractivity contribution in [3.8, 4) is 11.5 Å². The Hall–Kier alpha value is -2.35. The van der Waals surface area contributed by atoms with Gasteiger partial charge in [-0.2, -0.15) is 0 Å². The molecule has 4 rings (SSSR count). The predicted molar refractivity (Wildman–Crippen MR) is 148 cm³/mol. The molecule has 4 aromatic rings. The molecule has 9 nitrogen and oxygen atoms in total. The molecule has 0 bridgehead atoms. The first-order valence-electron chi connectivity index (χ1n) is 10.5. The van der Waals surface area contributed by atoms with Crippen molar-refractivity contribution in [3.05, 3.63) is 53.7 Å². The van der Waals surface area contributed by atoms with Crippen molar-refractivity contribution in [1.82, 2.24) is 0 Å². The summed E-state index contributed by atoms with van der Waals surface area (Å²) in [6.45, 7) is 5.29. The van der Waals surface area contributed by atoms with E-state index in [9.17, 15) is 19.5 Å². The third kappa shape index (κ3) is 6.57. The third-order valence-corrected chi connectivity index (χ3v) is 7.34. The predicted octanol–water partition coefficient (Wildman–Crippen LogP) is 7.90. The summed E-state index contributed by atoms with van der Waals surface area (Å²) in [6, 6.07) is 6.29. The number of halogens is 4. The van der Waals surface area contributed by atoms with Gasteiger partial charge in [0.05, 0.1) is 31.1 Å². The SMILES string of the molecule is CCOC(=O)c1cc2c(Br)c(O)c(Br)cc2o1.CCOC(=O)c1cc2c(Br)c(OC(C)=O)c(Br)cc2o1. The van der Waals surface area contributed by atoms with Crippen LogP contribution in [0.5, 0.6) is 11.5 Å². The monoisotopic (exact) mass is 766 g/mol. The molecular formula is C24H18Br4O9. The molecular weight excluding hydrogens is 752 g/mol. The zero-order valence-corrected chi connectivity index (χ0v) is 25.8. The first-order valence-corrected chi connectivity index (χ1v) is 13.7. The number of hydrogen-bond donors (Lipinski definition) is 1. The Morgan fingerprint density at radius 1 is 0.784 bits per heavy atom. The van der Waals surface area contributed by atoms with Gasteiger partial charge in [0.15, 0.2) is 5.75 Å². The lowest BCUT2D eigenvalue weighted by atomic mass is 10.2. The van der Waals surface area contributed by atoms with Gasteiger partial charge in [-0.05, 0) is 89.7 Å². The number of ether oxygens (including phenoxy) is 3. The second-order valence-corrected chi connectivity index (χ2v) is 10.4. The van der Waals surface area contributed by atoms with E-state index in [-0.39, 0.29) is 30.5 Å². The number of phenols is 1. The fraction of sp³-hybridized carbons (Fsp3) is 0.208. The summed E-state index contributed by atoms with van der Waals surface area (Å²) in [5, 5.41) is 10.9. The first-order chi connectivity index (χ1) is 17.5. The number of aromatic hydroxyl groups is 1. The van der Waals surface area contributed by atoms with E-state index in [0.29, 0.717) is 45.6 Å². The molecule has 0 aliphatic heterocycles. The van der Waals surface area contributed by atoms with Crippen LogP contribution in [0, 0.1) is 0 Å². The van der Waals surface area contributed by atoms with Crippen molar-refractivity contribution >= 4 is 104 Å². The van der Waals surface area contributed by atoms with Gasteiger partial charge >= 0.3 is 17.9 Å². The van der Waals surface area contributed by atoms with Crippen molar-refractivity contribution in [3.63, 3.8) is 0 Å². The van der Waals surface area contributed by atoms with Gasteiger partial charge in [-0.3, -0.25) is 4.79 Å². The lowest BCUT2D eigenvalue weighted by Gasteiger charge is -2.06. The summed E-state index contributed by atoms with van der Waals surface area (Å²) in [4.78, 5) is 34.2. The van der Waals surface area contributed by atoms with Crippen molar-refractivity contribution in [2.75, 3.05) is 13.2 Å². The minimum atomic E-state index is -0.541. The topological polar surface area (TPSA) is 125 Å². The fourth-order valence-electron chi connectivity index (χ4n) is 3.03. The minimum absolute atomic E-state index is 0.0636. The number of fused-ring (bicyclic) bond motifs is 2. The molecule has 2 heterocycles. The molecule has 0 atom stereocenters. The van der Waals surface area contributed by atoms with E-state index < -0.39 is 17.9 Å². The maximum atomic E-state index is 11.6. The van der Waals surface area contributed by atoms with Crippen LogP contribution in [0.15, 0.2) is 51.0 Å². The number of benzene rings is 2. The smallest absolute Gasteiger partial charge is 0.374 e. The second kappa shape index (κ2) is 12.5. The number of rotatable bonds is 5. The molecule has 0 unspecified atom stereocenters. The van der Waals surface area contributed by atoms with E-state index in [0.717, 1.165) is 0 Å². The third-order valence-electron chi connectivity index (χ3n) is 4.56. The Balaban J connectivity index is 0.000000208. The van der Waals surface area contributed by atoms with Gasteiger partial charge in [0.2, 0.25) is 11.5 Å². The highest BCUT2D eigenvalue weighted by Gasteiger charge is 2.20. The molecule has 0 spiro atoms. The van der Waals surface area contributed by atoms with E-state index in [1.165, 1.54) is 19.1 Å². The fourth-order valence-corrected chi connectivity index (χ4v) is 5.59. The van der Waals surface area contributed by atoms with E-state index in [1.807, 2.05) is 0 Å². The van der Waals surface area contributed by atoms with Crippen LogP contribution in [0.3, 0.4) is 0 Å². The van der Waals surface area contributed by atoms with Gasteiger partial charge in [0.1, 0.15) is 16.9 Å². The average molecular weight is 770 g/mol. The molecule has 0 fully saturated rings. The molecule has 0 amide bonds. The second-order valence-electron chi connectivity index (χ2n) is 7.10. The van der Waals surface area contributed by atoms with Crippen molar-refractivity contribution in [1.29, 1.82) is 0 Å². The Morgan fingerprint density at radius 3 is 1.70 bits per heavy atom. The highest BCUT2D eigenvalue weighted by Crippen LogP contribution is 2.41. The molecule has 196 valence electrons. The molecule has 0 saturated heterocycles. The normalized spacial score (nSPS) is 10.7. The van der Waals surface area contributed by atoms with Gasteiger partial charge in [0.25, 0.3) is 0 Å². The number of furan rings is 2. The summed E-state index contributed by atoms with van der Waals surface area (Å²) < 4.78 is 27.6. The Morgan fingerprint density at radius 2 is 1.24 bits per heavy atom. The number of carbonyl (C=O) groups is 3. The molecule has 1 N–H and O–H groups in total. The van der Waals surface area contributed by atoms with Gasteiger partial charge in [-0.1, -0.05) is 0 Å². The quantitative estimate of drug-likeness (QED) is 0.159. The largest absolute Gasteiger partial charge is 0.506 e. The van der Waals surface area contributed by atoms with Crippen LogP contribution >= 0.6 is 63.7 Å². The van der Waals surface area contributed by atoms with Crippen molar-refractivity contribution in [2.24, 2.45) is 0 Å². The summed E-state index contributed by atoms with van der Waals surface area (Å²) in [5.74, 6) is -0.906.